The molecule has 0 aromatic heterocycles. The van der Waals surface area contributed by atoms with Gasteiger partial charge in [0.15, 0.2) is 0 Å². The first-order valence-electron chi connectivity index (χ1n) is 6.27. The second-order valence-electron chi connectivity index (χ2n) is 4.38. The number of amides is 1. The highest BCUT2D eigenvalue weighted by molar-refractivity contribution is 14.1. The molecular weight excluding hydrogens is 590 g/mol. The molecule has 2 aromatic carbocycles. The molecule has 0 bridgehead atoms. The normalized spacial score (nSPS) is 10.8. The average molecular weight is 601 g/mol. The van der Waals surface area contributed by atoms with Crippen LogP contribution in [0.4, 0.5) is 0 Å². The molecule has 0 aliphatic heterocycles. The topological polar surface area (TPSA) is 70.9 Å². The highest BCUT2D eigenvalue weighted by Gasteiger charge is 2.08. The lowest BCUT2D eigenvalue weighted by Crippen LogP contribution is -2.17. The van der Waals surface area contributed by atoms with Crippen molar-refractivity contribution in [3.63, 3.8) is 0 Å². The molecule has 5 nitrogen and oxygen atoms in total. The van der Waals surface area contributed by atoms with Gasteiger partial charge >= 0.3 is 0 Å². The Morgan fingerprint density at radius 2 is 2.04 bits per heavy atom. The average Bonchev–Trinajstić information content (AvgIpc) is 2.52. The van der Waals surface area contributed by atoms with Gasteiger partial charge in [-0.25, -0.2) is 5.43 Å². The van der Waals surface area contributed by atoms with Crippen LogP contribution in [-0.2, 0) is 0 Å². The van der Waals surface area contributed by atoms with Crippen molar-refractivity contribution in [1.29, 1.82) is 0 Å². The number of carbonyl (C=O) groups is 1. The molecule has 2 N–H and O–H groups in total. The Balaban J connectivity index is 2.10. The molecule has 2 rings (SSSR count). The zero-order chi connectivity index (χ0) is 17.0. The van der Waals surface area contributed by atoms with Gasteiger partial charge in [0, 0.05) is 5.56 Å². The molecule has 0 unspecified atom stereocenters. The summed E-state index contributed by atoms with van der Waals surface area (Å²) in [5.41, 5.74) is 3.67. The number of hydrazone groups is 1. The minimum absolute atomic E-state index is 0.178. The third-order valence-electron chi connectivity index (χ3n) is 2.83. The van der Waals surface area contributed by atoms with Gasteiger partial charge in [-0.15, -0.1) is 0 Å². The number of nitrogens with one attached hydrogen (secondary N) is 1. The Morgan fingerprint density at radius 1 is 1.30 bits per heavy atom. The van der Waals surface area contributed by atoms with Crippen LogP contribution in [0.3, 0.4) is 0 Å². The van der Waals surface area contributed by atoms with E-state index in [1.807, 2.05) is 22.6 Å². The smallest absolute Gasteiger partial charge is 0.271 e. The fraction of sp³-hybridized carbons (Fsp3) is 0.0667. The predicted octanol–water partition coefficient (Wildman–Crippen LogP) is 4.14. The van der Waals surface area contributed by atoms with Crippen molar-refractivity contribution in [1.82, 2.24) is 5.43 Å². The third kappa shape index (κ3) is 4.80. The second kappa shape index (κ2) is 8.29. The Bertz CT molecular complexity index is 758. The Labute approximate surface area is 168 Å². The molecule has 0 spiro atoms. The van der Waals surface area contributed by atoms with Crippen molar-refractivity contribution >= 4 is 73.2 Å². The van der Waals surface area contributed by atoms with E-state index in [2.05, 4.69) is 49.0 Å². The summed E-state index contributed by atoms with van der Waals surface area (Å²) in [4.78, 5) is 12.1. The van der Waals surface area contributed by atoms with Crippen LogP contribution in [0.5, 0.6) is 11.5 Å². The maximum absolute atomic E-state index is 12.1. The SMILES string of the molecule is COc1cc(C(=O)N/N=C\c2cc(Br)c(O)c(I)c2)ccc1I. The Morgan fingerprint density at radius 3 is 2.70 bits per heavy atom. The van der Waals surface area contributed by atoms with E-state index >= 15 is 0 Å². The number of benzene rings is 2. The van der Waals surface area contributed by atoms with Crippen molar-refractivity contribution < 1.29 is 14.6 Å². The van der Waals surface area contributed by atoms with E-state index in [1.54, 1.807) is 37.4 Å². The van der Waals surface area contributed by atoms with E-state index in [9.17, 15) is 9.90 Å². The number of methoxy groups -OCH3 is 1. The number of halogens is 3. The van der Waals surface area contributed by atoms with Gasteiger partial charge in [-0.1, -0.05) is 0 Å². The van der Waals surface area contributed by atoms with Gasteiger partial charge in [0.2, 0.25) is 0 Å². The summed E-state index contributed by atoms with van der Waals surface area (Å²) in [6.45, 7) is 0. The molecule has 0 fully saturated rings. The summed E-state index contributed by atoms with van der Waals surface area (Å²) in [6, 6.07) is 8.63. The monoisotopic (exact) mass is 600 g/mol. The molecule has 0 aliphatic rings. The quantitative estimate of drug-likeness (QED) is 0.315. The molecule has 8 heteroatoms. The molecule has 0 radical (unpaired) electrons. The zero-order valence-corrected chi connectivity index (χ0v) is 17.7. The van der Waals surface area contributed by atoms with Crippen LogP contribution < -0.4 is 10.2 Å². The lowest BCUT2D eigenvalue weighted by Gasteiger charge is -2.06. The predicted molar refractivity (Wildman–Crippen MR) is 109 cm³/mol. The van der Waals surface area contributed by atoms with E-state index < -0.39 is 0 Å². The standard InChI is InChI=1S/C15H11BrI2N2O3/c1-23-13-6-9(2-3-11(13)17)15(22)20-19-7-8-4-10(16)14(21)12(18)5-8/h2-7,21H,1H3,(H,20,22)/b19-7-. The van der Waals surface area contributed by atoms with E-state index in [0.29, 0.717) is 19.4 Å². The summed E-state index contributed by atoms with van der Waals surface area (Å²) in [5.74, 6) is 0.487. The van der Waals surface area contributed by atoms with Gasteiger partial charge in [-0.3, -0.25) is 4.79 Å². The first kappa shape index (κ1) is 18.5. The fourth-order valence-electron chi connectivity index (χ4n) is 1.69. The van der Waals surface area contributed by atoms with Crippen molar-refractivity contribution in [2.75, 3.05) is 7.11 Å². The molecule has 1 amide bonds. The van der Waals surface area contributed by atoms with E-state index in [4.69, 9.17) is 4.74 Å². The number of ether oxygens (including phenoxy) is 1. The number of carbonyl (C=O) groups excluding carboxylic acids is 1. The fourth-order valence-corrected chi connectivity index (χ4v) is 3.75. The first-order chi connectivity index (χ1) is 10.9. The molecule has 120 valence electrons. The number of rotatable bonds is 4. The second-order valence-corrected chi connectivity index (χ2v) is 7.56. The number of nitrogens with zero attached hydrogens (tertiary/aromatic N) is 1. The molecular formula is C15H11BrI2N2O3. The molecule has 2 aromatic rings. The number of phenolic OH excluding ortho intramolecular Hbond substituents is 1. The van der Waals surface area contributed by atoms with Crippen LogP contribution in [0, 0.1) is 7.14 Å². The summed E-state index contributed by atoms with van der Waals surface area (Å²) >= 11 is 7.41. The number of aromatic hydroxyl groups is 1. The van der Waals surface area contributed by atoms with Crippen LogP contribution in [0.1, 0.15) is 15.9 Å². The molecule has 0 aliphatic carbocycles. The highest BCUT2D eigenvalue weighted by atomic mass is 127. The lowest BCUT2D eigenvalue weighted by molar-refractivity contribution is 0.0954. The number of phenols is 1. The maximum Gasteiger partial charge on any atom is 0.271 e. The highest BCUT2D eigenvalue weighted by Crippen LogP contribution is 2.29. The minimum atomic E-state index is -0.330. The van der Waals surface area contributed by atoms with Gasteiger partial charge in [-0.05, 0) is 97.0 Å². The van der Waals surface area contributed by atoms with Crippen LogP contribution in [-0.4, -0.2) is 24.3 Å². The molecule has 0 saturated carbocycles. The van der Waals surface area contributed by atoms with Crippen LogP contribution in [0.25, 0.3) is 0 Å². The summed E-state index contributed by atoms with van der Waals surface area (Å²) in [7, 11) is 1.56. The molecule has 23 heavy (non-hydrogen) atoms. The summed E-state index contributed by atoms with van der Waals surface area (Å²) < 4.78 is 7.37. The molecule has 0 atom stereocenters. The first-order valence-corrected chi connectivity index (χ1v) is 9.22. The zero-order valence-electron chi connectivity index (χ0n) is 11.8. The van der Waals surface area contributed by atoms with Crippen LogP contribution in [0.15, 0.2) is 39.9 Å². The summed E-state index contributed by atoms with van der Waals surface area (Å²) in [5, 5.41) is 13.6. The van der Waals surface area contributed by atoms with Gasteiger partial charge in [0.25, 0.3) is 5.91 Å². The van der Waals surface area contributed by atoms with Crippen LogP contribution >= 0.6 is 61.1 Å². The number of hydrogen-bond donors (Lipinski definition) is 2. The van der Waals surface area contributed by atoms with Gasteiger partial charge < -0.3 is 9.84 Å². The van der Waals surface area contributed by atoms with Crippen molar-refractivity contribution in [2.45, 2.75) is 0 Å². The van der Waals surface area contributed by atoms with Gasteiger partial charge in [0.05, 0.1) is 24.9 Å². The van der Waals surface area contributed by atoms with Crippen LogP contribution in [0.2, 0.25) is 0 Å². The van der Waals surface area contributed by atoms with E-state index in [0.717, 1.165) is 9.13 Å². The van der Waals surface area contributed by atoms with E-state index in [1.165, 1.54) is 6.21 Å². The van der Waals surface area contributed by atoms with Gasteiger partial charge in [-0.2, -0.15) is 5.10 Å². The minimum Gasteiger partial charge on any atom is -0.506 e. The number of hydrogen-bond acceptors (Lipinski definition) is 4. The third-order valence-corrected chi connectivity index (χ3v) is 5.15. The largest absolute Gasteiger partial charge is 0.506 e. The molecule has 0 heterocycles. The van der Waals surface area contributed by atoms with Crippen molar-refractivity contribution in [3.05, 3.63) is 53.1 Å². The van der Waals surface area contributed by atoms with Crippen molar-refractivity contribution in [3.8, 4) is 11.5 Å². The Hall–Kier alpha value is -0.880. The molecule has 0 saturated heterocycles. The van der Waals surface area contributed by atoms with Gasteiger partial charge in [0.1, 0.15) is 11.5 Å². The van der Waals surface area contributed by atoms with Crippen molar-refractivity contribution in [2.24, 2.45) is 5.10 Å². The Kier molecular flexibility index (Phi) is 6.65. The van der Waals surface area contributed by atoms with E-state index in [-0.39, 0.29) is 11.7 Å². The maximum atomic E-state index is 12.1. The summed E-state index contributed by atoms with van der Waals surface area (Å²) in [6.07, 6.45) is 1.51. The lowest BCUT2D eigenvalue weighted by atomic mass is 10.2.